The SMILES string of the molecule is COc1ccc(N(Cc2ccccc2)Cc2nccc(N)n2)cc1. The fourth-order valence-corrected chi connectivity index (χ4v) is 2.50. The summed E-state index contributed by atoms with van der Waals surface area (Å²) in [5, 5.41) is 0. The Hall–Kier alpha value is -3.08. The van der Waals surface area contributed by atoms with Crippen molar-refractivity contribution in [3.63, 3.8) is 0 Å². The lowest BCUT2D eigenvalue weighted by Gasteiger charge is -2.24. The third-order valence-electron chi connectivity index (χ3n) is 3.71. The predicted molar refractivity (Wildman–Crippen MR) is 95.8 cm³/mol. The molecule has 1 heterocycles. The molecule has 0 aliphatic heterocycles. The van der Waals surface area contributed by atoms with Crippen molar-refractivity contribution < 1.29 is 4.74 Å². The molecule has 0 atom stereocenters. The van der Waals surface area contributed by atoms with E-state index in [1.165, 1.54) is 5.56 Å². The molecule has 2 N–H and O–H groups in total. The number of nitrogen functional groups attached to an aromatic ring is 1. The molecular weight excluding hydrogens is 300 g/mol. The monoisotopic (exact) mass is 320 g/mol. The van der Waals surface area contributed by atoms with Gasteiger partial charge in [0.1, 0.15) is 17.4 Å². The Morgan fingerprint density at radius 1 is 0.958 bits per heavy atom. The Kier molecular flexibility index (Phi) is 4.91. The number of nitrogens with two attached hydrogens (primary N) is 1. The lowest BCUT2D eigenvalue weighted by atomic mass is 10.2. The molecule has 5 nitrogen and oxygen atoms in total. The number of ether oxygens (including phenoxy) is 1. The van der Waals surface area contributed by atoms with Crippen molar-refractivity contribution in [3.8, 4) is 5.75 Å². The van der Waals surface area contributed by atoms with Gasteiger partial charge in [0.15, 0.2) is 0 Å². The molecular formula is C19H20N4O. The average Bonchev–Trinajstić information content (AvgIpc) is 2.62. The highest BCUT2D eigenvalue weighted by Crippen LogP contribution is 2.22. The molecule has 122 valence electrons. The molecule has 0 radical (unpaired) electrons. The minimum Gasteiger partial charge on any atom is -0.497 e. The molecule has 0 saturated heterocycles. The second-order valence-corrected chi connectivity index (χ2v) is 5.44. The fraction of sp³-hybridized carbons (Fsp3) is 0.158. The normalized spacial score (nSPS) is 10.4. The van der Waals surface area contributed by atoms with Crippen LogP contribution < -0.4 is 15.4 Å². The highest BCUT2D eigenvalue weighted by atomic mass is 16.5. The van der Waals surface area contributed by atoms with E-state index in [2.05, 4.69) is 27.0 Å². The van der Waals surface area contributed by atoms with E-state index in [-0.39, 0.29) is 0 Å². The Morgan fingerprint density at radius 3 is 2.38 bits per heavy atom. The highest BCUT2D eigenvalue weighted by molar-refractivity contribution is 5.49. The summed E-state index contributed by atoms with van der Waals surface area (Å²) in [5.41, 5.74) is 8.07. The summed E-state index contributed by atoms with van der Waals surface area (Å²) in [6.07, 6.45) is 1.69. The second kappa shape index (κ2) is 7.46. The first kappa shape index (κ1) is 15.8. The van der Waals surface area contributed by atoms with Crippen LogP contribution in [0.15, 0.2) is 66.9 Å². The molecule has 0 aliphatic rings. The van der Waals surface area contributed by atoms with Gasteiger partial charge in [-0.3, -0.25) is 0 Å². The van der Waals surface area contributed by atoms with Crippen LogP contribution in [0.2, 0.25) is 0 Å². The van der Waals surface area contributed by atoms with Crippen molar-refractivity contribution in [3.05, 3.63) is 78.2 Å². The summed E-state index contributed by atoms with van der Waals surface area (Å²) in [7, 11) is 1.66. The molecule has 5 heteroatoms. The number of nitrogens with zero attached hydrogens (tertiary/aromatic N) is 3. The highest BCUT2D eigenvalue weighted by Gasteiger charge is 2.11. The Balaban J connectivity index is 1.87. The molecule has 0 spiro atoms. The number of benzene rings is 2. The van der Waals surface area contributed by atoms with Gasteiger partial charge >= 0.3 is 0 Å². The van der Waals surface area contributed by atoms with Crippen molar-refractivity contribution in [2.24, 2.45) is 0 Å². The zero-order chi connectivity index (χ0) is 16.8. The summed E-state index contributed by atoms with van der Waals surface area (Å²) >= 11 is 0. The van der Waals surface area contributed by atoms with Crippen LogP contribution in [0.5, 0.6) is 5.75 Å². The lowest BCUT2D eigenvalue weighted by Crippen LogP contribution is -2.23. The van der Waals surface area contributed by atoms with Crippen molar-refractivity contribution in [2.45, 2.75) is 13.1 Å². The molecule has 0 bridgehead atoms. The zero-order valence-corrected chi connectivity index (χ0v) is 13.6. The van der Waals surface area contributed by atoms with Gasteiger partial charge in [-0.15, -0.1) is 0 Å². The number of hydrogen-bond donors (Lipinski definition) is 1. The van der Waals surface area contributed by atoms with E-state index in [4.69, 9.17) is 10.5 Å². The van der Waals surface area contributed by atoms with E-state index in [1.54, 1.807) is 19.4 Å². The molecule has 0 aliphatic carbocycles. The molecule has 3 aromatic rings. The average molecular weight is 320 g/mol. The Labute approximate surface area is 141 Å². The van der Waals surface area contributed by atoms with Crippen LogP contribution in [0.4, 0.5) is 11.5 Å². The summed E-state index contributed by atoms with van der Waals surface area (Å²) in [6.45, 7) is 1.33. The van der Waals surface area contributed by atoms with E-state index in [9.17, 15) is 0 Å². The smallest absolute Gasteiger partial charge is 0.149 e. The van der Waals surface area contributed by atoms with Gasteiger partial charge in [-0.05, 0) is 35.9 Å². The first-order valence-electron chi connectivity index (χ1n) is 7.75. The van der Waals surface area contributed by atoms with Crippen molar-refractivity contribution >= 4 is 11.5 Å². The molecule has 0 saturated carbocycles. The predicted octanol–water partition coefficient (Wildman–Crippen LogP) is 3.27. The molecule has 0 amide bonds. The maximum absolute atomic E-state index is 5.78. The third kappa shape index (κ3) is 4.01. The van der Waals surface area contributed by atoms with Crippen LogP contribution in [0, 0.1) is 0 Å². The number of rotatable bonds is 6. The standard InChI is InChI=1S/C19H20N4O/c1-24-17-9-7-16(8-10-17)23(13-15-5-3-2-4-6-15)14-19-21-12-11-18(20)22-19/h2-12H,13-14H2,1H3,(H2,20,21,22). The molecule has 2 aromatic carbocycles. The second-order valence-electron chi connectivity index (χ2n) is 5.44. The summed E-state index contributed by atoms with van der Waals surface area (Å²) < 4.78 is 5.24. The fourth-order valence-electron chi connectivity index (χ4n) is 2.50. The minimum atomic E-state index is 0.481. The van der Waals surface area contributed by atoms with Gasteiger partial charge < -0.3 is 15.4 Å². The molecule has 0 unspecified atom stereocenters. The van der Waals surface area contributed by atoms with Crippen LogP contribution in [0.1, 0.15) is 11.4 Å². The maximum atomic E-state index is 5.78. The topological polar surface area (TPSA) is 64.3 Å². The number of aromatic nitrogens is 2. The van der Waals surface area contributed by atoms with Gasteiger partial charge in [-0.2, -0.15) is 0 Å². The Bertz CT molecular complexity index is 775. The lowest BCUT2D eigenvalue weighted by molar-refractivity contribution is 0.415. The first-order chi connectivity index (χ1) is 11.7. The van der Waals surface area contributed by atoms with Crippen LogP contribution in [-0.2, 0) is 13.1 Å². The molecule has 3 rings (SSSR count). The van der Waals surface area contributed by atoms with Crippen molar-refractivity contribution in [2.75, 3.05) is 17.7 Å². The molecule has 0 fully saturated rings. The van der Waals surface area contributed by atoms with E-state index >= 15 is 0 Å². The largest absolute Gasteiger partial charge is 0.497 e. The zero-order valence-electron chi connectivity index (χ0n) is 13.6. The quantitative estimate of drug-likeness (QED) is 0.755. The molecule has 1 aromatic heterocycles. The van der Waals surface area contributed by atoms with Crippen molar-refractivity contribution in [1.29, 1.82) is 0 Å². The van der Waals surface area contributed by atoms with Gasteiger partial charge in [0.05, 0.1) is 13.7 Å². The number of anilines is 2. The van der Waals surface area contributed by atoms with Crippen LogP contribution in [-0.4, -0.2) is 17.1 Å². The first-order valence-corrected chi connectivity index (χ1v) is 7.75. The summed E-state index contributed by atoms with van der Waals surface area (Å²) in [6, 6.07) is 20.0. The van der Waals surface area contributed by atoms with Gasteiger partial charge in [0.25, 0.3) is 0 Å². The van der Waals surface area contributed by atoms with E-state index in [0.717, 1.165) is 18.0 Å². The summed E-state index contributed by atoms with van der Waals surface area (Å²) in [4.78, 5) is 10.8. The van der Waals surface area contributed by atoms with Crippen molar-refractivity contribution in [1.82, 2.24) is 9.97 Å². The van der Waals surface area contributed by atoms with Gasteiger partial charge in [0, 0.05) is 18.4 Å². The minimum absolute atomic E-state index is 0.481. The third-order valence-corrected chi connectivity index (χ3v) is 3.71. The van der Waals surface area contributed by atoms with Gasteiger partial charge in [-0.25, -0.2) is 9.97 Å². The van der Waals surface area contributed by atoms with Gasteiger partial charge in [-0.1, -0.05) is 30.3 Å². The maximum Gasteiger partial charge on any atom is 0.149 e. The van der Waals surface area contributed by atoms with Crippen LogP contribution in [0.3, 0.4) is 0 Å². The summed E-state index contributed by atoms with van der Waals surface area (Å²) in [5.74, 6) is 2.01. The van der Waals surface area contributed by atoms with Gasteiger partial charge in [0.2, 0.25) is 0 Å². The van der Waals surface area contributed by atoms with Crippen LogP contribution in [0.25, 0.3) is 0 Å². The number of methoxy groups -OCH3 is 1. The van der Waals surface area contributed by atoms with Crippen LogP contribution >= 0.6 is 0 Å². The Morgan fingerprint density at radius 2 is 1.71 bits per heavy atom. The molecule has 24 heavy (non-hydrogen) atoms. The number of hydrogen-bond acceptors (Lipinski definition) is 5. The van der Waals surface area contributed by atoms with E-state index < -0.39 is 0 Å². The van der Waals surface area contributed by atoms with E-state index in [0.29, 0.717) is 18.2 Å². The van der Waals surface area contributed by atoms with E-state index in [1.807, 2.05) is 42.5 Å².